The fourth-order valence-corrected chi connectivity index (χ4v) is 3.86. The number of sulfonamides is 1. The fourth-order valence-electron chi connectivity index (χ4n) is 2.61. The molecular formula is C14H23N3O2S. The number of nitrogens with zero attached hydrogens (tertiary/aromatic N) is 2. The highest BCUT2D eigenvalue weighted by atomic mass is 32.2. The second-order valence-corrected chi connectivity index (χ2v) is 7.60. The summed E-state index contributed by atoms with van der Waals surface area (Å²) >= 11 is 0. The van der Waals surface area contributed by atoms with E-state index in [-0.39, 0.29) is 0 Å². The van der Waals surface area contributed by atoms with Crippen LogP contribution in [0.15, 0.2) is 29.2 Å². The molecule has 5 nitrogen and oxygen atoms in total. The van der Waals surface area contributed by atoms with Gasteiger partial charge in [-0.05, 0) is 43.6 Å². The first-order valence-electron chi connectivity index (χ1n) is 6.87. The maximum atomic E-state index is 12.5. The zero-order chi connectivity index (χ0) is 14.8. The number of likely N-dealkylation sites (tertiary alicyclic amines) is 1. The van der Waals surface area contributed by atoms with Gasteiger partial charge in [-0.1, -0.05) is 12.1 Å². The lowest BCUT2D eigenvalue weighted by Gasteiger charge is -2.21. The summed E-state index contributed by atoms with van der Waals surface area (Å²) in [5.74, 6) is 0.420. The molecule has 1 heterocycles. The van der Waals surface area contributed by atoms with Crippen LogP contribution < -0.4 is 5.73 Å². The van der Waals surface area contributed by atoms with Crippen molar-refractivity contribution in [2.24, 2.45) is 11.7 Å². The molecule has 0 radical (unpaired) electrons. The van der Waals surface area contributed by atoms with Crippen molar-refractivity contribution in [2.45, 2.75) is 17.9 Å². The predicted molar refractivity (Wildman–Crippen MR) is 79.8 cm³/mol. The standard InChI is InChI=1S/C14H23N3O2S/c1-16-8-7-13(10-16)11-17(2)20(18,19)14-5-3-12(9-15)4-6-14/h3-6,13H,7-11,15H2,1-2H3. The van der Waals surface area contributed by atoms with Crippen LogP contribution in [-0.2, 0) is 16.6 Å². The molecule has 1 saturated heterocycles. The van der Waals surface area contributed by atoms with Crippen LogP contribution >= 0.6 is 0 Å². The molecule has 0 bridgehead atoms. The Hall–Kier alpha value is -0.950. The van der Waals surface area contributed by atoms with Crippen LogP contribution in [0.25, 0.3) is 0 Å². The van der Waals surface area contributed by atoms with E-state index in [4.69, 9.17) is 5.73 Å². The highest BCUT2D eigenvalue weighted by Crippen LogP contribution is 2.20. The molecule has 1 unspecified atom stereocenters. The monoisotopic (exact) mass is 297 g/mol. The molecule has 0 aliphatic carbocycles. The second-order valence-electron chi connectivity index (χ2n) is 5.55. The van der Waals surface area contributed by atoms with Crippen molar-refractivity contribution < 1.29 is 8.42 Å². The zero-order valence-electron chi connectivity index (χ0n) is 12.1. The quantitative estimate of drug-likeness (QED) is 0.869. The number of hydrogen-bond donors (Lipinski definition) is 1. The lowest BCUT2D eigenvalue weighted by atomic mass is 10.1. The molecule has 2 N–H and O–H groups in total. The van der Waals surface area contributed by atoms with Gasteiger partial charge in [-0.2, -0.15) is 0 Å². The Morgan fingerprint density at radius 3 is 2.50 bits per heavy atom. The van der Waals surface area contributed by atoms with Gasteiger partial charge in [-0.25, -0.2) is 12.7 Å². The SMILES string of the molecule is CN1CCC(CN(C)S(=O)(=O)c2ccc(CN)cc2)C1. The van der Waals surface area contributed by atoms with Crippen molar-refractivity contribution >= 4 is 10.0 Å². The van der Waals surface area contributed by atoms with E-state index in [2.05, 4.69) is 11.9 Å². The van der Waals surface area contributed by atoms with E-state index < -0.39 is 10.0 Å². The van der Waals surface area contributed by atoms with Gasteiger partial charge >= 0.3 is 0 Å². The number of hydrogen-bond acceptors (Lipinski definition) is 4. The van der Waals surface area contributed by atoms with Gasteiger partial charge in [-0.3, -0.25) is 0 Å². The van der Waals surface area contributed by atoms with Gasteiger partial charge in [-0.15, -0.1) is 0 Å². The molecule has 0 aromatic heterocycles. The maximum Gasteiger partial charge on any atom is 0.242 e. The Labute approximate surface area is 121 Å². The van der Waals surface area contributed by atoms with E-state index in [9.17, 15) is 8.42 Å². The van der Waals surface area contributed by atoms with Crippen molar-refractivity contribution in [3.8, 4) is 0 Å². The molecule has 20 heavy (non-hydrogen) atoms. The smallest absolute Gasteiger partial charge is 0.242 e. The van der Waals surface area contributed by atoms with Crippen LogP contribution in [0.2, 0.25) is 0 Å². The lowest BCUT2D eigenvalue weighted by molar-refractivity contribution is 0.357. The second kappa shape index (κ2) is 6.22. The van der Waals surface area contributed by atoms with Crippen molar-refractivity contribution in [2.75, 3.05) is 33.7 Å². The molecule has 1 aromatic carbocycles. The average molecular weight is 297 g/mol. The normalized spacial score (nSPS) is 20.7. The van der Waals surface area contributed by atoms with Crippen LogP contribution in [0.1, 0.15) is 12.0 Å². The van der Waals surface area contributed by atoms with E-state index in [0.717, 1.165) is 25.1 Å². The van der Waals surface area contributed by atoms with Crippen molar-refractivity contribution in [3.05, 3.63) is 29.8 Å². The molecule has 1 aliphatic heterocycles. The van der Waals surface area contributed by atoms with Gasteiger partial charge in [0.2, 0.25) is 10.0 Å². The average Bonchev–Trinajstić information content (AvgIpc) is 2.84. The Balaban J connectivity index is 2.08. The molecule has 1 atom stereocenters. The van der Waals surface area contributed by atoms with E-state index in [1.54, 1.807) is 31.3 Å². The van der Waals surface area contributed by atoms with E-state index in [1.165, 1.54) is 4.31 Å². The Morgan fingerprint density at radius 2 is 2.00 bits per heavy atom. The summed E-state index contributed by atoms with van der Waals surface area (Å²) in [6.45, 7) is 3.01. The van der Waals surface area contributed by atoms with Crippen LogP contribution in [0, 0.1) is 5.92 Å². The lowest BCUT2D eigenvalue weighted by Crippen LogP contribution is -2.32. The summed E-state index contributed by atoms with van der Waals surface area (Å²) in [5.41, 5.74) is 6.46. The van der Waals surface area contributed by atoms with Gasteiger partial charge in [0.25, 0.3) is 0 Å². The topological polar surface area (TPSA) is 66.6 Å². The molecule has 6 heteroatoms. The van der Waals surface area contributed by atoms with Crippen LogP contribution in [0.3, 0.4) is 0 Å². The predicted octanol–water partition coefficient (Wildman–Crippen LogP) is 0.718. The number of rotatable bonds is 5. The van der Waals surface area contributed by atoms with Gasteiger partial charge in [0.15, 0.2) is 0 Å². The van der Waals surface area contributed by atoms with Crippen LogP contribution in [-0.4, -0.2) is 51.4 Å². The molecule has 1 fully saturated rings. The number of benzene rings is 1. The molecule has 112 valence electrons. The molecular weight excluding hydrogens is 274 g/mol. The molecule has 2 rings (SSSR count). The Morgan fingerprint density at radius 1 is 1.35 bits per heavy atom. The van der Waals surface area contributed by atoms with Crippen molar-refractivity contribution in [1.82, 2.24) is 9.21 Å². The third kappa shape index (κ3) is 3.38. The molecule has 1 aliphatic rings. The highest BCUT2D eigenvalue weighted by molar-refractivity contribution is 7.89. The fraction of sp³-hybridized carbons (Fsp3) is 0.571. The minimum absolute atomic E-state index is 0.337. The third-order valence-electron chi connectivity index (χ3n) is 3.87. The molecule has 0 saturated carbocycles. The van der Waals surface area contributed by atoms with Gasteiger partial charge in [0.1, 0.15) is 0 Å². The third-order valence-corrected chi connectivity index (χ3v) is 5.71. The van der Waals surface area contributed by atoms with Gasteiger partial charge < -0.3 is 10.6 Å². The largest absolute Gasteiger partial charge is 0.326 e. The maximum absolute atomic E-state index is 12.5. The zero-order valence-corrected chi connectivity index (χ0v) is 12.9. The Kier molecular flexibility index (Phi) is 4.80. The van der Waals surface area contributed by atoms with Crippen molar-refractivity contribution in [1.29, 1.82) is 0 Å². The number of nitrogens with two attached hydrogens (primary N) is 1. The summed E-state index contributed by atoms with van der Waals surface area (Å²) in [7, 11) is 0.332. The summed E-state index contributed by atoms with van der Waals surface area (Å²) in [4.78, 5) is 2.57. The van der Waals surface area contributed by atoms with E-state index >= 15 is 0 Å². The van der Waals surface area contributed by atoms with E-state index in [1.807, 2.05) is 0 Å². The molecule has 1 aromatic rings. The van der Waals surface area contributed by atoms with Crippen LogP contribution in [0.5, 0.6) is 0 Å². The molecule has 0 amide bonds. The first-order valence-corrected chi connectivity index (χ1v) is 8.31. The van der Waals surface area contributed by atoms with Gasteiger partial charge in [0, 0.05) is 26.7 Å². The summed E-state index contributed by atoms with van der Waals surface area (Å²) < 4.78 is 26.4. The highest BCUT2D eigenvalue weighted by Gasteiger charge is 2.27. The first-order chi connectivity index (χ1) is 9.43. The molecule has 0 spiro atoms. The summed E-state index contributed by atoms with van der Waals surface area (Å²) in [6.07, 6.45) is 1.06. The summed E-state index contributed by atoms with van der Waals surface area (Å²) in [5, 5.41) is 0. The first kappa shape index (κ1) is 15.4. The van der Waals surface area contributed by atoms with Crippen molar-refractivity contribution in [3.63, 3.8) is 0 Å². The van der Waals surface area contributed by atoms with Gasteiger partial charge in [0.05, 0.1) is 4.90 Å². The summed E-state index contributed by atoms with van der Waals surface area (Å²) in [6, 6.07) is 6.80. The van der Waals surface area contributed by atoms with Crippen LogP contribution in [0.4, 0.5) is 0 Å². The minimum Gasteiger partial charge on any atom is -0.326 e. The Bertz CT molecular complexity index is 542. The van der Waals surface area contributed by atoms with E-state index in [0.29, 0.717) is 23.9 Å². The minimum atomic E-state index is -3.39.